The van der Waals surface area contributed by atoms with Crippen molar-refractivity contribution in [1.29, 1.82) is 0 Å². The molecule has 0 aliphatic heterocycles. The van der Waals surface area contributed by atoms with E-state index in [4.69, 9.17) is 27.9 Å². The molecule has 10 heteroatoms. The highest BCUT2D eigenvalue weighted by atomic mass is 35.5. The van der Waals surface area contributed by atoms with E-state index >= 15 is 0 Å². The average Bonchev–Trinajstić information content (AvgIpc) is 2.76. The van der Waals surface area contributed by atoms with E-state index in [1.165, 1.54) is 43.5 Å². The number of hydrogen-bond donors (Lipinski definition) is 3. The zero-order chi connectivity index (χ0) is 23.4. The van der Waals surface area contributed by atoms with Crippen LogP contribution in [0.5, 0.6) is 5.75 Å². The van der Waals surface area contributed by atoms with Crippen LogP contribution in [0, 0.1) is 12.7 Å². The number of nitrogens with one attached hydrogen (secondary N) is 2. The van der Waals surface area contributed by atoms with Gasteiger partial charge in [0.2, 0.25) is 0 Å². The van der Waals surface area contributed by atoms with Crippen LogP contribution >= 0.6 is 36.0 Å². The van der Waals surface area contributed by atoms with Gasteiger partial charge in [0, 0.05) is 10.7 Å². The molecule has 0 saturated heterocycles. The van der Waals surface area contributed by atoms with Crippen LogP contribution in [0.1, 0.15) is 15.9 Å². The lowest BCUT2D eigenvalue weighted by molar-refractivity contribution is 0.102. The molecular formula is C22H18Cl2FN3O3S. The summed E-state index contributed by atoms with van der Waals surface area (Å²) in [7, 11) is 1.47. The Morgan fingerprint density at radius 3 is 2.41 bits per heavy atom. The molecule has 3 aromatic rings. The van der Waals surface area contributed by atoms with Gasteiger partial charge in [-0.3, -0.25) is 4.79 Å². The van der Waals surface area contributed by atoms with Crippen LogP contribution in [0.4, 0.5) is 26.2 Å². The summed E-state index contributed by atoms with van der Waals surface area (Å²) in [5.41, 5.74) is 1.63. The van der Waals surface area contributed by atoms with E-state index < -0.39 is 17.8 Å². The molecule has 0 bridgehead atoms. The first-order valence-corrected chi connectivity index (χ1v) is 10.4. The number of amides is 3. The fourth-order valence-corrected chi connectivity index (χ4v) is 3.51. The summed E-state index contributed by atoms with van der Waals surface area (Å²) in [6.07, 6.45) is 0. The lowest BCUT2D eigenvalue weighted by Crippen LogP contribution is -2.27. The van der Waals surface area contributed by atoms with Crippen LogP contribution in [0.2, 0.25) is 10.0 Å². The van der Waals surface area contributed by atoms with Crippen LogP contribution in [-0.4, -0.2) is 19.0 Å². The first kappa shape index (κ1) is 23.7. The van der Waals surface area contributed by atoms with E-state index in [0.29, 0.717) is 22.1 Å². The van der Waals surface area contributed by atoms with E-state index in [1.54, 1.807) is 18.2 Å². The second-order valence-electron chi connectivity index (χ2n) is 6.64. The van der Waals surface area contributed by atoms with Gasteiger partial charge in [0.1, 0.15) is 11.6 Å². The molecule has 0 aliphatic rings. The molecule has 3 amide bonds. The summed E-state index contributed by atoms with van der Waals surface area (Å²) in [5, 5.41) is 5.82. The second kappa shape index (κ2) is 10.1. The molecule has 0 heterocycles. The monoisotopic (exact) mass is 493 g/mol. The molecule has 0 fully saturated rings. The summed E-state index contributed by atoms with van der Waals surface area (Å²) in [4.78, 5) is 25.0. The second-order valence-corrected chi connectivity index (χ2v) is 7.86. The van der Waals surface area contributed by atoms with Crippen LogP contribution < -0.4 is 19.7 Å². The lowest BCUT2D eigenvalue weighted by atomic mass is 10.2. The predicted molar refractivity (Wildman–Crippen MR) is 129 cm³/mol. The van der Waals surface area contributed by atoms with Crippen molar-refractivity contribution < 1.29 is 18.7 Å². The quantitative estimate of drug-likeness (QED) is 0.351. The number of ether oxygens (including phenoxy) is 1. The van der Waals surface area contributed by atoms with Crippen molar-refractivity contribution in [1.82, 2.24) is 0 Å². The van der Waals surface area contributed by atoms with Gasteiger partial charge in [-0.15, -0.1) is 0 Å². The van der Waals surface area contributed by atoms with E-state index in [2.05, 4.69) is 23.4 Å². The van der Waals surface area contributed by atoms with Gasteiger partial charge in [-0.05, 0) is 55.0 Å². The third kappa shape index (κ3) is 5.27. The Bertz CT molecular complexity index is 1190. The van der Waals surface area contributed by atoms with Crippen LogP contribution in [-0.2, 0) is 0 Å². The maximum absolute atomic E-state index is 13.8. The zero-order valence-corrected chi connectivity index (χ0v) is 19.4. The predicted octanol–water partition coefficient (Wildman–Crippen LogP) is 6.59. The molecular weight excluding hydrogens is 476 g/mol. The maximum atomic E-state index is 13.8. The summed E-state index contributed by atoms with van der Waals surface area (Å²) >= 11 is 16.7. The molecule has 6 nitrogen and oxygen atoms in total. The van der Waals surface area contributed by atoms with Crippen molar-refractivity contribution in [2.45, 2.75) is 6.92 Å². The Hall–Kier alpha value is -2.94. The minimum absolute atomic E-state index is 0.103. The molecule has 3 rings (SSSR count). The normalized spacial score (nSPS) is 10.4. The fraction of sp³-hybridized carbons (Fsp3) is 0.0909. The topological polar surface area (TPSA) is 70.7 Å². The van der Waals surface area contributed by atoms with Crippen LogP contribution in [0.15, 0.2) is 54.6 Å². The highest BCUT2D eigenvalue weighted by Gasteiger charge is 2.19. The number of carbonyl (C=O) groups excluding carboxylic acids is 2. The number of nitrogens with zero attached hydrogens (tertiary/aromatic N) is 1. The van der Waals surface area contributed by atoms with Crippen LogP contribution in [0.25, 0.3) is 0 Å². The SMILES string of the molecule is COc1cc(C)c(Cl)cc1NC(=O)N(S)c1ccc(NC(=O)c2ccccc2F)cc1Cl. The molecule has 0 aliphatic carbocycles. The van der Waals surface area contributed by atoms with Gasteiger partial charge in [-0.1, -0.05) is 48.1 Å². The van der Waals surface area contributed by atoms with Crippen molar-refractivity contribution in [3.05, 3.63) is 81.6 Å². The largest absolute Gasteiger partial charge is 0.495 e. The number of carbonyl (C=O) groups is 2. The van der Waals surface area contributed by atoms with E-state index in [-0.39, 0.29) is 16.3 Å². The number of methoxy groups -OCH3 is 1. The fourth-order valence-electron chi connectivity index (χ4n) is 2.80. The summed E-state index contributed by atoms with van der Waals surface area (Å²) in [6.45, 7) is 1.81. The van der Waals surface area contributed by atoms with Gasteiger partial charge in [-0.25, -0.2) is 13.5 Å². The standard InChI is InChI=1S/C22H18Cl2FN3O3S/c1-12-9-20(31-2)18(11-15(12)23)27-22(30)28(32)19-8-7-13(10-16(19)24)26-21(29)14-5-3-4-6-17(14)25/h3-11,32H,1-2H3,(H,26,29)(H,27,30). The first-order chi connectivity index (χ1) is 15.2. The van der Waals surface area contributed by atoms with Gasteiger partial charge in [0.25, 0.3) is 5.91 Å². The third-order valence-corrected chi connectivity index (χ3v) is 5.57. The first-order valence-electron chi connectivity index (χ1n) is 9.20. The number of anilines is 3. The third-order valence-electron chi connectivity index (χ3n) is 4.47. The Morgan fingerprint density at radius 2 is 1.75 bits per heavy atom. The Labute approximate surface area is 199 Å². The van der Waals surface area contributed by atoms with Crippen LogP contribution in [0.3, 0.4) is 0 Å². The summed E-state index contributed by atoms with van der Waals surface area (Å²) in [6, 6.07) is 12.7. The maximum Gasteiger partial charge on any atom is 0.336 e. The highest BCUT2D eigenvalue weighted by molar-refractivity contribution is 7.82. The smallest absolute Gasteiger partial charge is 0.336 e. The highest BCUT2D eigenvalue weighted by Crippen LogP contribution is 2.34. The van der Waals surface area contributed by atoms with Crippen molar-refractivity contribution in [3.63, 3.8) is 0 Å². The average molecular weight is 494 g/mol. The van der Waals surface area contributed by atoms with Gasteiger partial charge in [0.05, 0.1) is 29.1 Å². The Kier molecular flexibility index (Phi) is 7.50. The van der Waals surface area contributed by atoms with E-state index in [9.17, 15) is 14.0 Å². The van der Waals surface area contributed by atoms with Gasteiger partial charge in [-0.2, -0.15) is 0 Å². The molecule has 0 saturated carbocycles. The van der Waals surface area contributed by atoms with Crippen molar-refractivity contribution in [2.24, 2.45) is 0 Å². The van der Waals surface area contributed by atoms with E-state index in [0.717, 1.165) is 9.87 Å². The van der Waals surface area contributed by atoms with Gasteiger partial charge >= 0.3 is 6.03 Å². The number of thiol groups is 1. The number of aryl methyl sites for hydroxylation is 1. The van der Waals surface area contributed by atoms with Crippen molar-refractivity contribution in [3.8, 4) is 5.75 Å². The number of rotatable bonds is 5. The molecule has 0 spiro atoms. The molecule has 32 heavy (non-hydrogen) atoms. The summed E-state index contributed by atoms with van der Waals surface area (Å²) < 4.78 is 20.1. The van der Waals surface area contributed by atoms with Gasteiger partial charge in [0.15, 0.2) is 0 Å². The Morgan fingerprint density at radius 1 is 1.03 bits per heavy atom. The minimum atomic E-state index is -0.641. The van der Waals surface area contributed by atoms with E-state index in [1.807, 2.05) is 6.92 Å². The van der Waals surface area contributed by atoms with Crippen molar-refractivity contribution >= 4 is 65.0 Å². The molecule has 0 aromatic heterocycles. The number of hydrogen-bond acceptors (Lipinski definition) is 4. The summed E-state index contributed by atoms with van der Waals surface area (Å²) in [5.74, 6) is -0.840. The minimum Gasteiger partial charge on any atom is -0.495 e. The Balaban J connectivity index is 1.76. The molecule has 3 aromatic carbocycles. The molecule has 0 unspecified atom stereocenters. The molecule has 2 N–H and O–H groups in total. The van der Waals surface area contributed by atoms with Crippen molar-refractivity contribution in [2.75, 3.05) is 22.0 Å². The molecule has 0 atom stereocenters. The van der Waals surface area contributed by atoms with Gasteiger partial charge < -0.3 is 15.4 Å². The number of urea groups is 1. The molecule has 0 radical (unpaired) electrons. The number of benzene rings is 3. The lowest BCUT2D eigenvalue weighted by Gasteiger charge is -2.20. The zero-order valence-electron chi connectivity index (χ0n) is 16.9. The number of halogens is 3. The molecule has 166 valence electrons.